The molecule has 3 rings (SSSR count). The molecule has 1 saturated heterocycles. The van der Waals surface area contributed by atoms with E-state index in [9.17, 15) is 19.8 Å². The summed E-state index contributed by atoms with van der Waals surface area (Å²) in [5, 5.41) is 19.1. The van der Waals surface area contributed by atoms with E-state index in [2.05, 4.69) is 11.6 Å². The van der Waals surface area contributed by atoms with Gasteiger partial charge in [-0.1, -0.05) is 25.1 Å². The second-order valence-corrected chi connectivity index (χ2v) is 7.66. The van der Waals surface area contributed by atoms with Gasteiger partial charge in [-0.05, 0) is 66.2 Å². The highest BCUT2D eigenvalue weighted by Crippen LogP contribution is 2.34. The molecule has 0 saturated carbocycles. The maximum Gasteiger partial charge on any atom is 0.344 e. The Morgan fingerprint density at radius 1 is 1.29 bits per heavy atom. The summed E-state index contributed by atoms with van der Waals surface area (Å²) in [5.41, 5.74) is 1.32. The van der Waals surface area contributed by atoms with Crippen molar-refractivity contribution in [3.63, 3.8) is 0 Å². The van der Waals surface area contributed by atoms with Crippen LogP contribution in [0.3, 0.4) is 0 Å². The van der Waals surface area contributed by atoms with Gasteiger partial charge in [0.15, 0.2) is 11.3 Å². The molecule has 1 unspecified atom stereocenters. The van der Waals surface area contributed by atoms with Gasteiger partial charge in [0.1, 0.15) is 11.5 Å². The lowest BCUT2D eigenvalue weighted by atomic mass is 10.2. The van der Waals surface area contributed by atoms with E-state index < -0.39 is 12.1 Å². The SMILES string of the molecule is C=CCN1C(=O)/C(=C/c2cccc(OC(CC)C(=O)O)c2)SC1=Nc1ccc(O)cc1. The molecule has 1 amide bonds. The quantitative estimate of drug-likeness (QED) is 0.467. The van der Waals surface area contributed by atoms with E-state index in [1.807, 2.05) is 6.07 Å². The van der Waals surface area contributed by atoms with Crippen LogP contribution in [0.2, 0.25) is 0 Å². The Morgan fingerprint density at radius 3 is 2.68 bits per heavy atom. The highest BCUT2D eigenvalue weighted by molar-refractivity contribution is 8.18. The zero-order valence-electron chi connectivity index (χ0n) is 16.9. The zero-order valence-corrected chi connectivity index (χ0v) is 17.7. The maximum atomic E-state index is 12.9. The van der Waals surface area contributed by atoms with Crippen molar-refractivity contribution in [2.75, 3.05) is 6.54 Å². The van der Waals surface area contributed by atoms with E-state index in [0.29, 0.717) is 40.0 Å². The number of carboxylic acids is 1. The predicted octanol–water partition coefficient (Wildman–Crippen LogP) is 4.42. The molecule has 0 radical (unpaired) electrons. The number of benzene rings is 2. The first kappa shape index (κ1) is 22.2. The normalized spacial score (nSPS) is 17.2. The van der Waals surface area contributed by atoms with Crippen molar-refractivity contribution in [3.8, 4) is 11.5 Å². The predicted molar refractivity (Wildman–Crippen MR) is 121 cm³/mol. The Bertz CT molecular complexity index is 1050. The molecule has 0 spiro atoms. The van der Waals surface area contributed by atoms with Gasteiger partial charge in [-0.2, -0.15) is 0 Å². The van der Waals surface area contributed by atoms with Crippen molar-refractivity contribution in [1.82, 2.24) is 4.90 Å². The second-order valence-electron chi connectivity index (χ2n) is 6.65. The molecule has 160 valence electrons. The minimum Gasteiger partial charge on any atom is -0.508 e. The molecule has 2 N–H and O–H groups in total. The number of carbonyl (C=O) groups is 2. The minimum absolute atomic E-state index is 0.137. The number of nitrogens with zero attached hydrogens (tertiary/aromatic N) is 2. The maximum absolute atomic E-state index is 12.9. The second kappa shape index (κ2) is 9.99. The molecular formula is C23H22N2O5S. The minimum atomic E-state index is -1.03. The highest BCUT2D eigenvalue weighted by atomic mass is 32.2. The molecule has 2 aromatic carbocycles. The molecule has 1 aliphatic rings. The first-order valence-corrected chi connectivity index (χ1v) is 10.4. The van der Waals surface area contributed by atoms with Crippen molar-refractivity contribution in [2.24, 2.45) is 4.99 Å². The van der Waals surface area contributed by atoms with Crippen LogP contribution < -0.4 is 4.74 Å². The summed E-state index contributed by atoms with van der Waals surface area (Å²) in [6.07, 6.45) is 2.75. The fraction of sp³-hybridized carbons (Fsp3) is 0.174. The third-order valence-corrected chi connectivity index (χ3v) is 5.36. The van der Waals surface area contributed by atoms with Crippen molar-refractivity contribution in [1.29, 1.82) is 0 Å². The first-order chi connectivity index (χ1) is 14.9. The summed E-state index contributed by atoms with van der Waals surface area (Å²) in [6, 6.07) is 13.3. The van der Waals surface area contributed by atoms with Crippen LogP contribution in [0.15, 0.2) is 71.1 Å². The van der Waals surface area contributed by atoms with Crippen LogP contribution in [0.25, 0.3) is 6.08 Å². The summed E-state index contributed by atoms with van der Waals surface area (Å²) in [4.78, 5) is 30.7. The Morgan fingerprint density at radius 2 is 2.03 bits per heavy atom. The zero-order chi connectivity index (χ0) is 22.4. The highest BCUT2D eigenvalue weighted by Gasteiger charge is 2.32. The van der Waals surface area contributed by atoms with Crippen molar-refractivity contribution in [3.05, 3.63) is 71.7 Å². The van der Waals surface area contributed by atoms with E-state index in [-0.39, 0.29) is 11.7 Å². The van der Waals surface area contributed by atoms with Crippen molar-refractivity contribution < 1.29 is 24.5 Å². The molecular weight excluding hydrogens is 416 g/mol. The number of rotatable bonds is 8. The molecule has 8 heteroatoms. The number of carbonyl (C=O) groups excluding carboxylic acids is 1. The number of thioether (sulfide) groups is 1. The van der Waals surface area contributed by atoms with Crippen LogP contribution in [0.5, 0.6) is 11.5 Å². The number of aromatic hydroxyl groups is 1. The van der Waals surface area contributed by atoms with Gasteiger partial charge in [-0.3, -0.25) is 9.69 Å². The van der Waals surface area contributed by atoms with Gasteiger partial charge in [0.2, 0.25) is 0 Å². The molecule has 7 nitrogen and oxygen atoms in total. The Hall–Kier alpha value is -3.52. The number of amides is 1. The van der Waals surface area contributed by atoms with Crippen molar-refractivity contribution in [2.45, 2.75) is 19.4 Å². The van der Waals surface area contributed by atoms with Crippen molar-refractivity contribution >= 4 is 40.6 Å². The third-order valence-electron chi connectivity index (χ3n) is 4.35. The fourth-order valence-corrected chi connectivity index (χ4v) is 3.83. The van der Waals surface area contributed by atoms with Gasteiger partial charge in [-0.15, -0.1) is 6.58 Å². The van der Waals surface area contributed by atoms with Gasteiger partial charge in [0.05, 0.1) is 10.6 Å². The molecule has 0 aliphatic carbocycles. The number of hydrogen-bond acceptors (Lipinski definition) is 6. The summed E-state index contributed by atoms with van der Waals surface area (Å²) in [7, 11) is 0. The summed E-state index contributed by atoms with van der Waals surface area (Å²) in [5.74, 6) is -0.674. The average molecular weight is 439 g/mol. The number of phenolic OH excluding ortho intramolecular Hbond substituents is 1. The van der Waals surface area contributed by atoms with Gasteiger partial charge in [-0.25, -0.2) is 9.79 Å². The molecule has 2 aromatic rings. The van der Waals surface area contributed by atoms with Crippen LogP contribution in [-0.4, -0.2) is 44.8 Å². The lowest BCUT2D eigenvalue weighted by Gasteiger charge is -2.13. The smallest absolute Gasteiger partial charge is 0.344 e. The monoisotopic (exact) mass is 438 g/mol. The number of phenols is 1. The lowest BCUT2D eigenvalue weighted by Crippen LogP contribution is -2.29. The summed E-state index contributed by atoms with van der Waals surface area (Å²) < 4.78 is 5.54. The first-order valence-electron chi connectivity index (χ1n) is 9.60. The number of hydrogen-bond donors (Lipinski definition) is 2. The third kappa shape index (κ3) is 5.55. The summed E-state index contributed by atoms with van der Waals surface area (Å²) in [6.45, 7) is 5.75. The van der Waals surface area contributed by atoms with Crippen LogP contribution in [0, 0.1) is 0 Å². The van der Waals surface area contributed by atoms with Gasteiger partial charge >= 0.3 is 5.97 Å². The lowest BCUT2D eigenvalue weighted by molar-refractivity contribution is -0.145. The molecule has 0 aromatic heterocycles. The Labute approximate surface area is 184 Å². The van der Waals surface area contributed by atoms with Crippen LogP contribution in [0.1, 0.15) is 18.9 Å². The van der Waals surface area contributed by atoms with E-state index in [1.165, 1.54) is 28.8 Å². The van der Waals surface area contributed by atoms with Gasteiger partial charge in [0, 0.05) is 6.54 Å². The standard InChI is InChI=1S/C23H22N2O5S/c1-3-12-25-21(27)20(31-23(25)24-16-8-10-17(26)11-9-16)14-15-6-5-7-18(13-15)30-19(4-2)22(28)29/h3,5-11,13-14,19,26H,1,4,12H2,2H3,(H,28,29)/b20-14-,24-23?. The van der Waals surface area contributed by atoms with Crippen LogP contribution >= 0.6 is 11.8 Å². The Kier molecular flexibility index (Phi) is 7.15. The molecule has 0 bridgehead atoms. The van der Waals surface area contributed by atoms with Gasteiger partial charge in [0.25, 0.3) is 5.91 Å². The fourth-order valence-electron chi connectivity index (χ4n) is 2.82. The number of ether oxygens (including phenoxy) is 1. The van der Waals surface area contributed by atoms with Gasteiger partial charge < -0.3 is 14.9 Å². The van der Waals surface area contributed by atoms with E-state index >= 15 is 0 Å². The number of carboxylic acid groups (broad SMARTS) is 1. The van der Waals surface area contributed by atoms with Crippen LogP contribution in [0.4, 0.5) is 5.69 Å². The molecule has 1 fully saturated rings. The largest absolute Gasteiger partial charge is 0.508 e. The number of aliphatic imine (C=N–C) groups is 1. The molecule has 1 heterocycles. The molecule has 1 atom stereocenters. The number of aliphatic carboxylic acids is 1. The summed E-state index contributed by atoms with van der Waals surface area (Å²) >= 11 is 1.23. The van der Waals surface area contributed by atoms with E-state index in [1.54, 1.807) is 49.4 Å². The van der Waals surface area contributed by atoms with E-state index in [4.69, 9.17) is 4.74 Å². The van der Waals surface area contributed by atoms with Crippen LogP contribution in [-0.2, 0) is 9.59 Å². The number of amidine groups is 1. The average Bonchev–Trinajstić information content (AvgIpc) is 3.03. The van der Waals surface area contributed by atoms with E-state index in [0.717, 1.165) is 0 Å². The molecule has 31 heavy (non-hydrogen) atoms. The Balaban J connectivity index is 1.87. The molecule has 1 aliphatic heterocycles. The topological polar surface area (TPSA) is 99.4 Å².